The first kappa shape index (κ1) is 31.5. The Morgan fingerprint density at radius 1 is 0.821 bits per heavy atom. The van der Waals surface area contributed by atoms with Gasteiger partial charge in [0.2, 0.25) is 0 Å². The summed E-state index contributed by atoms with van der Waals surface area (Å²) in [6.45, 7) is 6.51. The van der Waals surface area contributed by atoms with Gasteiger partial charge in [0.25, 0.3) is 0 Å². The van der Waals surface area contributed by atoms with Crippen molar-refractivity contribution < 1.29 is 19.0 Å². The fraction of sp³-hybridized carbons (Fsp3) is 0.618. The van der Waals surface area contributed by atoms with Gasteiger partial charge < -0.3 is 14.2 Å². The van der Waals surface area contributed by atoms with Crippen LogP contribution in [0, 0.1) is 0 Å². The minimum absolute atomic E-state index is 0.0104. The lowest BCUT2D eigenvalue weighted by Gasteiger charge is -2.42. The first-order chi connectivity index (χ1) is 19.1. The van der Waals surface area contributed by atoms with Crippen LogP contribution in [-0.4, -0.2) is 48.8 Å². The van der Waals surface area contributed by atoms with Gasteiger partial charge in [-0.25, -0.2) is 0 Å². The molecule has 1 saturated carbocycles. The molecule has 1 aliphatic rings. The molecule has 0 amide bonds. The molecule has 1 aliphatic carbocycles. The summed E-state index contributed by atoms with van der Waals surface area (Å²) < 4.78 is 19.8. The number of carbonyl (C=O) groups excluding carboxylic acids is 1. The summed E-state index contributed by atoms with van der Waals surface area (Å²) in [6.07, 6.45) is 11.0. The van der Waals surface area contributed by atoms with E-state index in [1.165, 1.54) is 25.7 Å². The highest BCUT2D eigenvalue weighted by molar-refractivity contribution is 5.79. The fourth-order valence-corrected chi connectivity index (χ4v) is 5.50. The van der Waals surface area contributed by atoms with E-state index >= 15 is 0 Å². The molecular weight excluding hydrogens is 486 g/mol. The van der Waals surface area contributed by atoms with Crippen molar-refractivity contribution in [2.24, 2.45) is 0 Å². The maximum Gasteiger partial charge on any atom is 0.158 e. The Balaban J connectivity index is 1.75. The number of Topliss-reactive ketones (excluding diaryl/α,β-unsaturated/α-hetero) is 1. The minimum Gasteiger partial charge on any atom is -0.373 e. The molecule has 2 aromatic carbocycles. The Morgan fingerprint density at radius 2 is 1.41 bits per heavy atom. The number of ether oxygens (including phenoxy) is 3. The van der Waals surface area contributed by atoms with Crippen LogP contribution in [0.25, 0.3) is 0 Å². The highest BCUT2D eigenvalue weighted by Gasteiger charge is 2.52. The van der Waals surface area contributed by atoms with E-state index in [0.717, 1.165) is 49.8 Å². The molecule has 0 aromatic heterocycles. The lowest BCUT2D eigenvalue weighted by Crippen LogP contribution is -2.56. The van der Waals surface area contributed by atoms with Crippen LogP contribution >= 0.6 is 0 Å². The van der Waals surface area contributed by atoms with Gasteiger partial charge in [-0.05, 0) is 31.0 Å². The van der Waals surface area contributed by atoms with Crippen molar-refractivity contribution in [2.45, 2.75) is 116 Å². The van der Waals surface area contributed by atoms with Crippen molar-refractivity contribution in [1.82, 2.24) is 4.90 Å². The lowest BCUT2D eigenvalue weighted by atomic mass is 10.1. The first-order valence-electron chi connectivity index (χ1n) is 15.2. The second kappa shape index (κ2) is 17.6. The second-order valence-corrected chi connectivity index (χ2v) is 11.1. The van der Waals surface area contributed by atoms with Crippen LogP contribution in [0.5, 0.6) is 0 Å². The number of benzene rings is 2. The lowest BCUT2D eigenvalue weighted by molar-refractivity contribution is -0.210. The standard InChI is InChI=1S/C34H51NO4/c1-4-6-8-9-17-23-35(3)34(39-28-31(36)22-12-7-5-2)25-32(37-26-29-18-13-10-14-19-29)24-33(34)38-27-30-20-15-11-16-21-30/h10-11,13-16,18-21,32-33H,4-9,12,17,22-28H2,1-3H3/t32-,33+,34-/m1/s1. The smallest absolute Gasteiger partial charge is 0.158 e. The molecule has 0 saturated heterocycles. The number of hydrogen-bond acceptors (Lipinski definition) is 5. The largest absolute Gasteiger partial charge is 0.373 e. The van der Waals surface area contributed by atoms with Crippen molar-refractivity contribution in [3.05, 3.63) is 71.8 Å². The van der Waals surface area contributed by atoms with Gasteiger partial charge in [-0.2, -0.15) is 0 Å². The molecule has 5 nitrogen and oxygen atoms in total. The molecule has 216 valence electrons. The third-order valence-electron chi connectivity index (χ3n) is 7.91. The number of ketones is 1. The molecule has 1 fully saturated rings. The second-order valence-electron chi connectivity index (χ2n) is 11.1. The van der Waals surface area contributed by atoms with Gasteiger partial charge >= 0.3 is 0 Å². The van der Waals surface area contributed by atoms with Crippen LogP contribution in [-0.2, 0) is 32.2 Å². The summed E-state index contributed by atoms with van der Waals surface area (Å²) in [5, 5.41) is 0. The number of hydrogen-bond donors (Lipinski definition) is 0. The van der Waals surface area contributed by atoms with E-state index < -0.39 is 5.72 Å². The maximum absolute atomic E-state index is 12.8. The van der Waals surface area contributed by atoms with Crippen LogP contribution in [0.3, 0.4) is 0 Å². The zero-order chi connectivity index (χ0) is 27.8. The first-order valence-corrected chi connectivity index (χ1v) is 15.2. The van der Waals surface area contributed by atoms with Crippen LogP contribution in [0.15, 0.2) is 60.7 Å². The quantitative estimate of drug-likeness (QED) is 0.128. The SMILES string of the molecule is CCCCCCCN(C)[C@@]1(OCC(=O)CCCCC)C[C@H](OCc2ccccc2)C[C@@H]1OCc1ccccc1. The van der Waals surface area contributed by atoms with E-state index in [0.29, 0.717) is 26.1 Å². The molecule has 0 bridgehead atoms. The summed E-state index contributed by atoms with van der Waals surface area (Å²) in [5.41, 5.74) is 1.60. The van der Waals surface area contributed by atoms with E-state index in [1.807, 2.05) is 36.4 Å². The van der Waals surface area contributed by atoms with Crippen LogP contribution in [0.1, 0.15) is 95.6 Å². The Morgan fingerprint density at radius 3 is 2.05 bits per heavy atom. The van der Waals surface area contributed by atoms with Crippen molar-refractivity contribution >= 4 is 5.78 Å². The van der Waals surface area contributed by atoms with Gasteiger partial charge in [-0.15, -0.1) is 0 Å². The highest BCUT2D eigenvalue weighted by atomic mass is 16.6. The van der Waals surface area contributed by atoms with E-state index in [-0.39, 0.29) is 24.6 Å². The van der Waals surface area contributed by atoms with E-state index in [4.69, 9.17) is 14.2 Å². The Labute approximate surface area is 237 Å². The highest BCUT2D eigenvalue weighted by Crippen LogP contribution is 2.41. The normalized spacial score (nSPS) is 21.0. The Bertz CT molecular complexity index is 921. The number of likely N-dealkylation sites (N-methyl/N-ethyl adjacent to an activating group) is 1. The molecule has 3 rings (SSSR count). The number of carbonyl (C=O) groups is 1. The molecule has 5 heteroatoms. The van der Waals surface area contributed by atoms with E-state index in [9.17, 15) is 4.79 Å². The number of nitrogens with zero attached hydrogens (tertiary/aromatic N) is 1. The molecule has 2 aromatic rings. The molecule has 39 heavy (non-hydrogen) atoms. The minimum atomic E-state index is -0.693. The van der Waals surface area contributed by atoms with Crippen molar-refractivity contribution in [3.8, 4) is 0 Å². The molecular formula is C34H51NO4. The Hall–Kier alpha value is -2.05. The topological polar surface area (TPSA) is 48.0 Å². The summed E-state index contributed by atoms with van der Waals surface area (Å²) in [5.74, 6) is 0.176. The molecule has 0 unspecified atom stereocenters. The monoisotopic (exact) mass is 537 g/mol. The summed E-state index contributed by atoms with van der Waals surface area (Å²) in [6, 6.07) is 20.6. The summed E-state index contributed by atoms with van der Waals surface area (Å²) in [7, 11) is 2.14. The van der Waals surface area contributed by atoms with Crippen molar-refractivity contribution in [3.63, 3.8) is 0 Å². The molecule has 0 heterocycles. The van der Waals surface area contributed by atoms with Gasteiger partial charge in [0.1, 0.15) is 12.7 Å². The van der Waals surface area contributed by atoms with Crippen LogP contribution < -0.4 is 0 Å². The van der Waals surface area contributed by atoms with Crippen LogP contribution in [0.2, 0.25) is 0 Å². The molecule has 0 spiro atoms. The third-order valence-corrected chi connectivity index (χ3v) is 7.91. The Kier molecular flexibility index (Phi) is 14.2. The summed E-state index contributed by atoms with van der Waals surface area (Å²) >= 11 is 0. The molecule has 0 aliphatic heterocycles. The van der Waals surface area contributed by atoms with Crippen molar-refractivity contribution in [1.29, 1.82) is 0 Å². The average Bonchev–Trinajstić information content (AvgIpc) is 3.33. The van der Waals surface area contributed by atoms with Gasteiger partial charge in [0, 0.05) is 25.8 Å². The number of unbranched alkanes of at least 4 members (excludes halogenated alkanes) is 6. The average molecular weight is 538 g/mol. The van der Waals surface area contributed by atoms with Crippen LogP contribution in [0.4, 0.5) is 0 Å². The molecule has 0 N–H and O–H groups in total. The van der Waals surface area contributed by atoms with E-state index in [1.54, 1.807) is 0 Å². The zero-order valence-corrected chi connectivity index (χ0v) is 24.6. The predicted molar refractivity (Wildman–Crippen MR) is 158 cm³/mol. The zero-order valence-electron chi connectivity index (χ0n) is 24.6. The molecule has 3 atom stereocenters. The van der Waals surface area contributed by atoms with Gasteiger partial charge in [0.05, 0.1) is 19.3 Å². The van der Waals surface area contributed by atoms with Gasteiger partial charge in [-0.3, -0.25) is 9.69 Å². The number of rotatable bonds is 20. The van der Waals surface area contributed by atoms with E-state index in [2.05, 4.69) is 50.1 Å². The molecule has 0 radical (unpaired) electrons. The third kappa shape index (κ3) is 10.5. The van der Waals surface area contributed by atoms with Gasteiger partial charge in [-0.1, -0.05) is 113 Å². The predicted octanol–water partition coefficient (Wildman–Crippen LogP) is 7.72. The fourth-order valence-electron chi connectivity index (χ4n) is 5.50. The summed E-state index contributed by atoms with van der Waals surface area (Å²) in [4.78, 5) is 15.2. The maximum atomic E-state index is 12.8. The van der Waals surface area contributed by atoms with Gasteiger partial charge in [0.15, 0.2) is 11.5 Å². The van der Waals surface area contributed by atoms with Crippen molar-refractivity contribution in [2.75, 3.05) is 20.2 Å².